The summed E-state index contributed by atoms with van der Waals surface area (Å²) in [6.45, 7) is 3.43. The van der Waals surface area contributed by atoms with Crippen LogP contribution in [-0.4, -0.2) is 23.8 Å². The number of nitrogens with one attached hydrogen (secondary N) is 2. The summed E-state index contributed by atoms with van der Waals surface area (Å²) < 4.78 is 24.5. The Bertz CT molecular complexity index is 379. The predicted octanol–water partition coefficient (Wildman–Crippen LogP) is 0.965. The van der Waals surface area contributed by atoms with Gasteiger partial charge in [-0.2, -0.15) is 5.10 Å². The molecule has 1 rings (SSSR count). The summed E-state index contributed by atoms with van der Waals surface area (Å²) in [6, 6.07) is 0. The van der Waals surface area contributed by atoms with E-state index in [0.29, 0.717) is 17.1 Å². The van der Waals surface area contributed by atoms with Gasteiger partial charge in [-0.25, -0.2) is 8.42 Å². The third-order valence-corrected chi connectivity index (χ3v) is 3.19. The molecule has 0 aliphatic heterocycles. The number of hydrogen-bond acceptors (Lipinski definition) is 3. The fourth-order valence-electron chi connectivity index (χ4n) is 0.884. The van der Waals surface area contributed by atoms with Crippen LogP contribution in [0.1, 0.15) is 11.4 Å². The average Bonchev–Trinajstić information content (AvgIpc) is 2.36. The largest absolute Gasteiger partial charge is 0.280 e. The van der Waals surface area contributed by atoms with Gasteiger partial charge in [0, 0.05) is 0 Å². The SMILES string of the molecule is Cc1n[nH]c(C)c1NS(=O)(=O)CCl. The molecule has 1 aromatic rings. The lowest BCUT2D eigenvalue weighted by Crippen LogP contribution is -2.14. The van der Waals surface area contributed by atoms with E-state index < -0.39 is 15.2 Å². The van der Waals surface area contributed by atoms with Crippen molar-refractivity contribution in [2.75, 3.05) is 9.93 Å². The molecule has 0 saturated carbocycles. The van der Waals surface area contributed by atoms with Crippen molar-refractivity contribution in [2.24, 2.45) is 0 Å². The van der Waals surface area contributed by atoms with Gasteiger partial charge in [-0.05, 0) is 13.8 Å². The number of aromatic nitrogens is 2. The van der Waals surface area contributed by atoms with Crippen molar-refractivity contribution in [3.63, 3.8) is 0 Å². The molecule has 2 N–H and O–H groups in total. The summed E-state index contributed by atoms with van der Waals surface area (Å²) in [5, 5.41) is 6.04. The van der Waals surface area contributed by atoms with E-state index in [0.717, 1.165) is 0 Å². The van der Waals surface area contributed by atoms with E-state index in [1.165, 1.54) is 0 Å². The Morgan fingerprint density at radius 1 is 1.54 bits per heavy atom. The number of sulfonamides is 1. The summed E-state index contributed by atoms with van der Waals surface area (Å²) in [5.74, 6) is 0. The molecule has 0 fully saturated rings. The minimum atomic E-state index is -3.43. The Hall–Kier alpha value is -0.750. The summed E-state index contributed by atoms with van der Waals surface area (Å²) >= 11 is 5.23. The Kier molecular flexibility index (Phi) is 2.82. The van der Waals surface area contributed by atoms with Gasteiger partial charge in [0.25, 0.3) is 0 Å². The van der Waals surface area contributed by atoms with Crippen LogP contribution in [0.5, 0.6) is 0 Å². The quantitative estimate of drug-likeness (QED) is 0.750. The number of alkyl halides is 1. The van der Waals surface area contributed by atoms with Crippen LogP contribution in [0.4, 0.5) is 5.69 Å². The minimum absolute atomic E-state index is 0.461. The van der Waals surface area contributed by atoms with Crippen LogP contribution < -0.4 is 4.72 Å². The lowest BCUT2D eigenvalue weighted by atomic mass is 10.3. The van der Waals surface area contributed by atoms with Crippen molar-refractivity contribution >= 4 is 27.3 Å². The topological polar surface area (TPSA) is 74.8 Å². The van der Waals surface area contributed by atoms with Gasteiger partial charge in [0.2, 0.25) is 10.0 Å². The molecule has 0 radical (unpaired) electrons. The molecule has 0 saturated heterocycles. The Morgan fingerprint density at radius 2 is 2.15 bits per heavy atom. The number of aryl methyl sites for hydroxylation is 2. The molecule has 0 aliphatic rings. The number of nitrogens with zero attached hydrogens (tertiary/aromatic N) is 1. The highest BCUT2D eigenvalue weighted by molar-refractivity contribution is 7.93. The fourth-order valence-corrected chi connectivity index (χ4v) is 1.71. The smallest absolute Gasteiger partial charge is 0.246 e. The van der Waals surface area contributed by atoms with E-state index in [2.05, 4.69) is 14.9 Å². The molecule has 0 aliphatic carbocycles. The number of halogens is 1. The first kappa shape index (κ1) is 10.3. The van der Waals surface area contributed by atoms with E-state index >= 15 is 0 Å². The second kappa shape index (κ2) is 3.55. The van der Waals surface area contributed by atoms with Crippen LogP contribution in [0, 0.1) is 13.8 Å². The summed E-state index contributed by atoms with van der Waals surface area (Å²) in [7, 11) is -3.43. The first-order valence-corrected chi connectivity index (χ1v) is 5.73. The molecule has 74 valence electrons. The van der Waals surface area contributed by atoms with Gasteiger partial charge in [0.1, 0.15) is 5.21 Å². The van der Waals surface area contributed by atoms with Crippen molar-refractivity contribution in [3.05, 3.63) is 11.4 Å². The number of rotatable bonds is 3. The van der Waals surface area contributed by atoms with E-state index in [1.54, 1.807) is 13.8 Å². The second-order valence-electron chi connectivity index (χ2n) is 2.63. The first-order valence-electron chi connectivity index (χ1n) is 3.54. The van der Waals surface area contributed by atoms with Gasteiger partial charge in [-0.3, -0.25) is 9.82 Å². The molecule has 0 aromatic carbocycles. The molecule has 1 heterocycles. The number of hydrogen-bond donors (Lipinski definition) is 2. The predicted molar refractivity (Wildman–Crippen MR) is 51.3 cm³/mol. The normalized spacial score (nSPS) is 11.6. The Balaban J connectivity index is 2.99. The standard InChI is InChI=1S/C6H10ClN3O2S/c1-4-6(5(2)9-8-4)10-13(11,12)3-7/h10H,3H2,1-2H3,(H,8,9). The highest BCUT2D eigenvalue weighted by Crippen LogP contribution is 2.17. The molecule has 0 amide bonds. The van der Waals surface area contributed by atoms with E-state index in [9.17, 15) is 8.42 Å². The van der Waals surface area contributed by atoms with E-state index in [1.807, 2.05) is 0 Å². The second-order valence-corrected chi connectivity index (χ2v) is 4.94. The lowest BCUT2D eigenvalue weighted by Gasteiger charge is -2.03. The van der Waals surface area contributed by atoms with Crippen LogP contribution in [-0.2, 0) is 10.0 Å². The highest BCUT2D eigenvalue weighted by Gasteiger charge is 2.13. The molecule has 0 unspecified atom stereocenters. The molecule has 0 atom stereocenters. The monoisotopic (exact) mass is 223 g/mol. The zero-order valence-corrected chi connectivity index (χ0v) is 8.83. The van der Waals surface area contributed by atoms with Crippen molar-refractivity contribution in [2.45, 2.75) is 13.8 Å². The van der Waals surface area contributed by atoms with Crippen LogP contribution in [0.3, 0.4) is 0 Å². The number of H-pyrrole nitrogens is 1. The van der Waals surface area contributed by atoms with Crippen molar-refractivity contribution in [3.8, 4) is 0 Å². The number of aromatic amines is 1. The minimum Gasteiger partial charge on any atom is -0.280 e. The van der Waals surface area contributed by atoms with Gasteiger partial charge in [0.15, 0.2) is 0 Å². The van der Waals surface area contributed by atoms with Gasteiger partial charge < -0.3 is 0 Å². The molecular formula is C6H10ClN3O2S. The maximum Gasteiger partial charge on any atom is 0.246 e. The van der Waals surface area contributed by atoms with E-state index in [-0.39, 0.29) is 0 Å². The zero-order chi connectivity index (χ0) is 10.1. The highest BCUT2D eigenvalue weighted by atomic mass is 35.5. The molecule has 0 bridgehead atoms. The maximum atomic E-state index is 11.1. The van der Waals surface area contributed by atoms with Crippen LogP contribution in [0.15, 0.2) is 0 Å². The Morgan fingerprint density at radius 3 is 2.54 bits per heavy atom. The summed E-state index contributed by atoms with van der Waals surface area (Å²) in [5.41, 5.74) is 1.75. The van der Waals surface area contributed by atoms with Gasteiger partial charge in [-0.15, -0.1) is 11.6 Å². The van der Waals surface area contributed by atoms with Crippen LogP contribution in [0.2, 0.25) is 0 Å². The van der Waals surface area contributed by atoms with Crippen LogP contribution >= 0.6 is 11.6 Å². The molecule has 7 heteroatoms. The van der Waals surface area contributed by atoms with E-state index in [4.69, 9.17) is 11.6 Å². The number of anilines is 1. The zero-order valence-electron chi connectivity index (χ0n) is 7.26. The Labute approximate surface area is 81.5 Å². The van der Waals surface area contributed by atoms with Gasteiger partial charge in [-0.1, -0.05) is 0 Å². The first-order chi connectivity index (χ1) is 5.96. The third kappa shape index (κ3) is 2.35. The lowest BCUT2D eigenvalue weighted by molar-refractivity contribution is 0.605. The van der Waals surface area contributed by atoms with Crippen LogP contribution in [0.25, 0.3) is 0 Å². The maximum absolute atomic E-state index is 11.1. The van der Waals surface area contributed by atoms with Crippen molar-refractivity contribution in [1.29, 1.82) is 0 Å². The summed E-state index contributed by atoms with van der Waals surface area (Å²) in [4.78, 5) is 0. The third-order valence-electron chi connectivity index (χ3n) is 1.53. The molecule has 1 aromatic heterocycles. The summed E-state index contributed by atoms with van der Waals surface area (Å²) in [6.07, 6.45) is 0. The molecule has 0 spiro atoms. The fraction of sp³-hybridized carbons (Fsp3) is 0.500. The average molecular weight is 224 g/mol. The van der Waals surface area contributed by atoms with Gasteiger partial charge >= 0.3 is 0 Å². The van der Waals surface area contributed by atoms with Crippen molar-refractivity contribution < 1.29 is 8.42 Å². The molecule has 5 nitrogen and oxygen atoms in total. The van der Waals surface area contributed by atoms with Crippen molar-refractivity contribution in [1.82, 2.24) is 10.2 Å². The molecular weight excluding hydrogens is 214 g/mol. The van der Waals surface area contributed by atoms with Gasteiger partial charge in [0.05, 0.1) is 17.1 Å². The molecule has 13 heavy (non-hydrogen) atoms.